The van der Waals surface area contributed by atoms with Crippen LogP contribution in [-0.4, -0.2) is 13.1 Å². The molecule has 0 N–H and O–H groups in total. The molecule has 0 unspecified atom stereocenters. The summed E-state index contributed by atoms with van der Waals surface area (Å²) in [6, 6.07) is 1.94. The van der Waals surface area contributed by atoms with Crippen molar-refractivity contribution in [2.75, 3.05) is 7.11 Å². The first-order valence-electron chi connectivity index (χ1n) is 4.61. The number of cyclic esters (lactones) is 1. The van der Waals surface area contributed by atoms with Gasteiger partial charge in [0.2, 0.25) is 0 Å². The minimum absolute atomic E-state index is 0.298. The van der Waals surface area contributed by atoms with Crippen molar-refractivity contribution in [1.82, 2.24) is 0 Å². The van der Waals surface area contributed by atoms with Crippen LogP contribution in [0.1, 0.15) is 27.0 Å². The molecule has 0 fully saturated rings. The summed E-state index contributed by atoms with van der Waals surface area (Å²) in [7, 11) is 1.55. The highest BCUT2D eigenvalue weighted by molar-refractivity contribution is 6.17. The third-order valence-electron chi connectivity index (χ3n) is 2.57. The van der Waals surface area contributed by atoms with Crippen LogP contribution < -0.4 is 4.74 Å². The topological polar surface area (TPSA) is 35.5 Å². The first kappa shape index (κ1) is 10.3. The molecule has 80 valence electrons. The minimum atomic E-state index is -0.322. The number of rotatable bonds is 2. The maximum atomic E-state index is 11.5. The van der Waals surface area contributed by atoms with Gasteiger partial charge >= 0.3 is 5.97 Å². The number of fused-ring (bicyclic) bond motifs is 1. The van der Waals surface area contributed by atoms with Gasteiger partial charge in [-0.1, -0.05) is 6.07 Å². The lowest BCUT2D eigenvalue weighted by atomic mass is 9.99. The van der Waals surface area contributed by atoms with Gasteiger partial charge in [-0.25, -0.2) is 4.79 Å². The maximum absolute atomic E-state index is 11.5. The van der Waals surface area contributed by atoms with Crippen molar-refractivity contribution in [2.24, 2.45) is 0 Å². The second-order valence-corrected chi connectivity index (χ2v) is 3.72. The van der Waals surface area contributed by atoms with E-state index >= 15 is 0 Å². The van der Waals surface area contributed by atoms with Crippen molar-refractivity contribution in [3.63, 3.8) is 0 Å². The first-order chi connectivity index (χ1) is 7.19. The highest BCUT2D eigenvalue weighted by Gasteiger charge is 2.29. The molecule has 15 heavy (non-hydrogen) atoms. The second kappa shape index (κ2) is 3.74. The highest BCUT2D eigenvalue weighted by atomic mass is 35.5. The molecule has 0 atom stereocenters. The van der Waals surface area contributed by atoms with Crippen LogP contribution in [0.3, 0.4) is 0 Å². The van der Waals surface area contributed by atoms with E-state index in [4.69, 9.17) is 21.1 Å². The van der Waals surface area contributed by atoms with Crippen LogP contribution in [0.25, 0.3) is 0 Å². The van der Waals surface area contributed by atoms with Crippen LogP contribution in [0.5, 0.6) is 5.75 Å². The summed E-state index contributed by atoms with van der Waals surface area (Å²) in [6.07, 6.45) is 0. The number of methoxy groups -OCH3 is 1. The number of hydrogen-bond acceptors (Lipinski definition) is 3. The lowest BCUT2D eigenvalue weighted by Gasteiger charge is -2.10. The Morgan fingerprint density at radius 3 is 2.93 bits per heavy atom. The Morgan fingerprint density at radius 1 is 1.60 bits per heavy atom. The number of benzene rings is 1. The number of esters is 1. The zero-order valence-corrected chi connectivity index (χ0v) is 9.35. The van der Waals surface area contributed by atoms with Crippen molar-refractivity contribution in [2.45, 2.75) is 19.4 Å². The van der Waals surface area contributed by atoms with E-state index in [0.29, 0.717) is 23.8 Å². The molecule has 0 bridgehead atoms. The van der Waals surface area contributed by atoms with Crippen LogP contribution in [0.15, 0.2) is 6.07 Å². The maximum Gasteiger partial charge on any atom is 0.342 e. The van der Waals surface area contributed by atoms with E-state index in [-0.39, 0.29) is 5.97 Å². The van der Waals surface area contributed by atoms with E-state index < -0.39 is 0 Å². The Bertz CT molecular complexity index is 426. The van der Waals surface area contributed by atoms with Crippen molar-refractivity contribution in [3.8, 4) is 5.75 Å². The number of aryl methyl sites for hydroxylation is 1. The van der Waals surface area contributed by atoms with Gasteiger partial charge in [0, 0.05) is 11.4 Å². The van der Waals surface area contributed by atoms with Gasteiger partial charge in [0.05, 0.1) is 7.11 Å². The lowest BCUT2D eigenvalue weighted by Crippen LogP contribution is -2.02. The summed E-state index contributed by atoms with van der Waals surface area (Å²) in [5.74, 6) is 0.655. The smallest absolute Gasteiger partial charge is 0.342 e. The Kier molecular flexibility index (Phi) is 2.57. The Hall–Kier alpha value is -1.22. The van der Waals surface area contributed by atoms with Gasteiger partial charge in [0.15, 0.2) is 0 Å². The van der Waals surface area contributed by atoms with Gasteiger partial charge < -0.3 is 9.47 Å². The molecule has 4 heteroatoms. The van der Waals surface area contributed by atoms with Gasteiger partial charge in [-0.3, -0.25) is 0 Å². The van der Waals surface area contributed by atoms with Gasteiger partial charge in [0.25, 0.3) is 0 Å². The molecule has 0 aliphatic carbocycles. The fourth-order valence-corrected chi connectivity index (χ4v) is 2.12. The largest absolute Gasteiger partial charge is 0.496 e. The average Bonchev–Trinajstić information content (AvgIpc) is 2.60. The SMILES string of the molecule is COc1c(C)cc(CCl)c2c1C(=O)OC2. The average molecular weight is 227 g/mol. The molecule has 3 nitrogen and oxygen atoms in total. The monoisotopic (exact) mass is 226 g/mol. The molecular weight excluding hydrogens is 216 g/mol. The predicted octanol–water partition coefficient (Wildman–Crippen LogP) is 2.41. The Balaban J connectivity index is 2.71. The molecule has 0 saturated heterocycles. The van der Waals surface area contributed by atoms with Crippen molar-refractivity contribution >= 4 is 17.6 Å². The number of carbonyl (C=O) groups is 1. The van der Waals surface area contributed by atoms with E-state index in [1.54, 1.807) is 7.11 Å². The normalized spacial score (nSPS) is 13.7. The Morgan fingerprint density at radius 2 is 2.33 bits per heavy atom. The fourth-order valence-electron chi connectivity index (χ4n) is 1.88. The van der Waals surface area contributed by atoms with Crippen molar-refractivity contribution < 1.29 is 14.3 Å². The van der Waals surface area contributed by atoms with Crippen LogP contribution in [0.4, 0.5) is 0 Å². The van der Waals surface area contributed by atoms with Gasteiger partial charge in [0.1, 0.15) is 17.9 Å². The van der Waals surface area contributed by atoms with E-state index in [1.807, 2.05) is 13.0 Å². The molecule has 2 rings (SSSR count). The van der Waals surface area contributed by atoms with Crippen LogP contribution in [0.2, 0.25) is 0 Å². The number of halogens is 1. The lowest BCUT2D eigenvalue weighted by molar-refractivity contribution is 0.0532. The minimum Gasteiger partial charge on any atom is -0.496 e. The summed E-state index contributed by atoms with van der Waals surface area (Å²) < 4.78 is 10.2. The molecule has 1 aliphatic heterocycles. The zero-order chi connectivity index (χ0) is 11.0. The number of alkyl halides is 1. The molecule has 1 aliphatic rings. The summed E-state index contributed by atoms with van der Waals surface area (Å²) in [4.78, 5) is 11.5. The number of ether oxygens (including phenoxy) is 2. The molecule has 0 saturated carbocycles. The summed E-state index contributed by atoms with van der Waals surface area (Å²) in [6.45, 7) is 2.19. The van der Waals surface area contributed by atoms with Crippen molar-refractivity contribution in [1.29, 1.82) is 0 Å². The zero-order valence-electron chi connectivity index (χ0n) is 8.59. The molecule has 0 spiro atoms. The Labute approximate surface area is 92.9 Å². The van der Waals surface area contributed by atoms with E-state index in [9.17, 15) is 4.79 Å². The standard InChI is InChI=1S/C11H11ClO3/c1-6-3-7(4-12)8-5-15-11(13)9(8)10(6)14-2/h3H,4-5H2,1-2H3. The molecule has 0 amide bonds. The molecule has 0 aromatic heterocycles. The highest BCUT2D eigenvalue weighted by Crippen LogP contribution is 2.35. The van der Waals surface area contributed by atoms with Crippen molar-refractivity contribution in [3.05, 3.63) is 28.3 Å². The van der Waals surface area contributed by atoms with Crippen LogP contribution >= 0.6 is 11.6 Å². The predicted molar refractivity (Wildman–Crippen MR) is 56.4 cm³/mol. The summed E-state index contributed by atoms with van der Waals surface area (Å²) in [5.41, 5.74) is 3.24. The van der Waals surface area contributed by atoms with E-state index in [1.165, 1.54) is 0 Å². The third kappa shape index (κ3) is 1.47. The molecule has 0 radical (unpaired) electrons. The van der Waals surface area contributed by atoms with Gasteiger partial charge in [-0.15, -0.1) is 11.6 Å². The van der Waals surface area contributed by atoms with Crippen LogP contribution in [-0.2, 0) is 17.2 Å². The quantitative estimate of drug-likeness (QED) is 0.574. The van der Waals surface area contributed by atoms with E-state index in [2.05, 4.69) is 0 Å². The van der Waals surface area contributed by atoms with E-state index in [0.717, 1.165) is 16.7 Å². The molecular formula is C11H11ClO3. The van der Waals surface area contributed by atoms with Gasteiger partial charge in [-0.2, -0.15) is 0 Å². The number of carbonyl (C=O) groups excluding carboxylic acids is 1. The first-order valence-corrected chi connectivity index (χ1v) is 5.15. The number of hydrogen-bond donors (Lipinski definition) is 0. The summed E-state index contributed by atoms with van der Waals surface area (Å²) >= 11 is 5.82. The molecule has 1 heterocycles. The second-order valence-electron chi connectivity index (χ2n) is 3.45. The third-order valence-corrected chi connectivity index (χ3v) is 2.85. The van der Waals surface area contributed by atoms with Gasteiger partial charge in [-0.05, 0) is 18.1 Å². The molecule has 1 aromatic carbocycles. The molecule has 1 aromatic rings. The summed E-state index contributed by atoms with van der Waals surface area (Å²) in [5, 5.41) is 0. The fraction of sp³-hybridized carbons (Fsp3) is 0.364. The van der Waals surface area contributed by atoms with Crippen LogP contribution in [0, 0.1) is 6.92 Å².